The Morgan fingerprint density at radius 3 is 2.37 bits per heavy atom. The van der Waals surface area contributed by atoms with E-state index in [4.69, 9.17) is 19.3 Å². The monoisotopic (exact) mass is 568 g/mol. The van der Waals surface area contributed by atoms with Crippen molar-refractivity contribution >= 4 is 43.4 Å². The van der Waals surface area contributed by atoms with E-state index in [1.165, 1.54) is 29.0 Å². The molecule has 2 heterocycles. The van der Waals surface area contributed by atoms with E-state index in [1.54, 1.807) is 16.7 Å². The summed E-state index contributed by atoms with van der Waals surface area (Å²) in [5, 5.41) is 10.7. The summed E-state index contributed by atoms with van der Waals surface area (Å²) < 4.78 is 65.5. The molecule has 0 spiro atoms. The molecule has 0 saturated carbocycles. The van der Waals surface area contributed by atoms with Crippen molar-refractivity contribution in [2.45, 2.75) is 24.4 Å². The molecule has 38 heavy (non-hydrogen) atoms. The summed E-state index contributed by atoms with van der Waals surface area (Å²) in [6, 6.07) is 13.7. The molecule has 0 aliphatic carbocycles. The lowest BCUT2D eigenvalue weighted by Gasteiger charge is -2.28. The van der Waals surface area contributed by atoms with Gasteiger partial charge in [0.25, 0.3) is 10.1 Å². The van der Waals surface area contributed by atoms with E-state index in [2.05, 4.69) is 5.32 Å². The largest absolute Gasteiger partial charge is 0.497 e. The maximum Gasteiger partial charge on any atom is 0.266 e. The van der Waals surface area contributed by atoms with Crippen molar-refractivity contribution in [2.75, 3.05) is 26.0 Å². The molecule has 4 rings (SSSR count). The van der Waals surface area contributed by atoms with Gasteiger partial charge < -0.3 is 14.6 Å². The van der Waals surface area contributed by atoms with Crippen molar-refractivity contribution in [3.63, 3.8) is 0 Å². The number of fused-ring (bicyclic) bond motifs is 3. The fourth-order valence-corrected chi connectivity index (χ4v) is 5.93. The lowest BCUT2D eigenvalue weighted by atomic mass is 10.0. The Hall–Kier alpha value is -3.50. The van der Waals surface area contributed by atoms with Gasteiger partial charge in [-0.25, -0.2) is 13.9 Å². The van der Waals surface area contributed by atoms with Crippen LogP contribution in [0.4, 0.5) is 0 Å². The number of ether oxygens (including phenoxy) is 1. The third-order valence-corrected chi connectivity index (χ3v) is 8.44. The molecule has 1 aromatic heterocycles. The molecule has 3 aromatic rings. The maximum absolute atomic E-state index is 13.3. The molecule has 15 heteroatoms. The normalized spacial score (nSPS) is 13.7. The Morgan fingerprint density at radius 2 is 1.76 bits per heavy atom. The number of para-hydroxylation sites is 1. The number of methoxy groups -OCH3 is 1. The van der Waals surface area contributed by atoms with Crippen LogP contribution < -0.4 is 15.5 Å². The SMILES string of the molecule is COc1ccc(S(=O)(=O)N2CCc3c(n(CC(=O)NCCS(=O)(=O)O)c4ccccc34)C2)cc1.O=CNO. The van der Waals surface area contributed by atoms with Crippen molar-refractivity contribution in [3.05, 3.63) is 59.8 Å². The third-order valence-electron chi connectivity index (χ3n) is 5.87. The Bertz CT molecular complexity index is 1500. The van der Waals surface area contributed by atoms with Crippen LogP contribution in [0, 0.1) is 0 Å². The molecule has 0 unspecified atom stereocenters. The average molecular weight is 569 g/mol. The highest BCUT2D eigenvalue weighted by molar-refractivity contribution is 7.89. The number of aromatic nitrogens is 1. The van der Waals surface area contributed by atoms with Gasteiger partial charge in [0.15, 0.2) is 0 Å². The van der Waals surface area contributed by atoms with E-state index in [-0.39, 0.29) is 30.9 Å². The Kier molecular flexibility index (Phi) is 9.45. The molecule has 0 bridgehead atoms. The zero-order valence-corrected chi connectivity index (χ0v) is 22.0. The van der Waals surface area contributed by atoms with E-state index in [9.17, 15) is 21.6 Å². The molecule has 206 valence electrons. The molecule has 2 amide bonds. The second-order valence-electron chi connectivity index (χ2n) is 8.18. The number of rotatable bonds is 9. The highest BCUT2D eigenvalue weighted by Gasteiger charge is 2.32. The summed E-state index contributed by atoms with van der Waals surface area (Å²) in [5.74, 6) is -0.473. The fourth-order valence-electron chi connectivity index (χ4n) is 4.17. The molecule has 0 saturated heterocycles. The van der Waals surface area contributed by atoms with E-state index in [0.29, 0.717) is 18.7 Å². The second kappa shape index (κ2) is 12.4. The second-order valence-corrected chi connectivity index (χ2v) is 11.7. The molecule has 0 fully saturated rings. The summed E-state index contributed by atoms with van der Waals surface area (Å²) in [6.45, 7) is 0.0569. The standard InChI is InChI=1S/C22H25N3O7S2.CH3NO2/c1-32-16-6-8-17(9-7-16)34(30,31)24-12-10-19-18-4-2-3-5-20(18)25(21(19)14-24)15-22(26)23-11-13-33(27,28)29;3-1-2-4/h2-9H,10-15H2,1H3,(H,23,26)(H,27,28,29);1,4H,(H,2,3). The summed E-state index contributed by atoms with van der Waals surface area (Å²) in [5.41, 5.74) is 3.75. The van der Waals surface area contributed by atoms with Gasteiger partial charge >= 0.3 is 0 Å². The number of carbonyl (C=O) groups is 2. The number of nitrogens with one attached hydrogen (secondary N) is 2. The zero-order valence-electron chi connectivity index (χ0n) is 20.4. The van der Waals surface area contributed by atoms with Crippen LogP contribution in [-0.4, -0.2) is 73.7 Å². The van der Waals surface area contributed by atoms with Crippen molar-refractivity contribution in [2.24, 2.45) is 0 Å². The molecule has 4 N–H and O–H groups in total. The van der Waals surface area contributed by atoms with Gasteiger partial charge in [-0.3, -0.25) is 19.3 Å². The quantitative estimate of drug-likeness (QED) is 0.124. The van der Waals surface area contributed by atoms with Crippen LogP contribution >= 0.6 is 0 Å². The van der Waals surface area contributed by atoms with Crippen molar-refractivity contribution in [3.8, 4) is 5.75 Å². The number of hydrogen-bond acceptors (Lipinski definition) is 8. The first-order valence-electron chi connectivity index (χ1n) is 11.3. The number of nitrogens with zero attached hydrogens (tertiary/aromatic N) is 2. The number of sulfonamides is 1. The van der Waals surface area contributed by atoms with E-state index >= 15 is 0 Å². The first-order chi connectivity index (χ1) is 18.0. The van der Waals surface area contributed by atoms with Gasteiger partial charge in [0.05, 0.1) is 24.3 Å². The zero-order chi connectivity index (χ0) is 27.9. The van der Waals surface area contributed by atoms with Crippen LogP contribution in [0.25, 0.3) is 10.9 Å². The van der Waals surface area contributed by atoms with Gasteiger partial charge in [-0.2, -0.15) is 12.7 Å². The molecule has 2 aromatic carbocycles. The Balaban J connectivity index is 0.000000934. The number of carbonyl (C=O) groups excluding carboxylic acids is 2. The van der Waals surface area contributed by atoms with Gasteiger partial charge in [-0.15, -0.1) is 0 Å². The number of hydrogen-bond donors (Lipinski definition) is 4. The van der Waals surface area contributed by atoms with Crippen molar-refractivity contribution in [1.29, 1.82) is 0 Å². The smallest absolute Gasteiger partial charge is 0.266 e. The lowest BCUT2D eigenvalue weighted by molar-refractivity contribution is -0.121. The summed E-state index contributed by atoms with van der Waals surface area (Å²) in [4.78, 5) is 21.5. The molecular weight excluding hydrogens is 540 g/mol. The number of benzene rings is 2. The summed E-state index contributed by atoms with van der Waals surface area (Å²) in [6.07, 6.45) is 0.669. The van der Waals surface area contributed by atoms with Crippen LogP contribution in [0.3, 0.4) is 0 Å². The highest BCUT2D eigenvalue weighted by atomic mass is 32.2. The molecule has 1 aliphatic rings. The summed E-state index contributed by atoms with van der Waals surface area (Å²) in [7, 11) is -6.45. The Morgan fingerprint density at radius 1 is 1.11 bits per heavy atom. The van der Waals surface area contributed by atoms with Crippen LogP contribution in [-0.2, 0) is 49.2 Å². The third kappa shape index (κ3) is 6.87. The maximum atomic E-state index is 13.3. The van der Waals surface area contributed by atoms with Gasteiger partial charge in [0, 0.05) is 29.7 Å². The van der Waals surface area contributed by atoms with E-state index in [0.717, 1.165) is 22.2 Å². The first-order valence-corrected chi connectivity index (χ1v) is 14.3. The van der Waals surface area contributed by atoms with Crippen molar-refractivity contribution < 1.29 is 40.9 Å². The summed E-state index contributed by atoms with van der Waals surface area (Å²) >= 11 is 0. The molecule has 0 radical (unpaired) electrons. The first kappa shape index (κ1) is 29.1. The minimum Gasteiger partial charge on any atom is -0.497 e. The van der Waals surface area contributed by atoms with Crippen LogP contribution in [0.15, 0.2) is 53.4 Å². The van der Waals surface area contributed by atoms with Gasteiger partial charge in [-0.05, 0) is 42.3 Å². The number of amides is 2. The topological polar surface area (TPSA) is 184 Å². The highest BCUT2D eigenvalue weighted by Crippen LogP contribution is 2.33. The predicted octanol–water partition coefficient (Wildman–Crippen LogP) is 0.523. The van der Waals surface area contributed by atoms with E-state index in [1.807, 2.05) is 24.3 Å². The van der Waals surface area contributed by atoms with Crippen LogP contribution in [0.5, 0.6) is 5.75 Å². The fraction of sp³-hybridized carbons (Fsp3) is 0.304. The van der Waals surface area contributed by atoms with Gasteiger partial charge in [0.1, 0.15) is 12.3 Å². The number of hydroxylamine groups is 1. The molecular formula is C23H28N4O9S2. The lowest BCUT2D eigenvalue weighted by Crippen LogP contribution is -2.37. The van der Waals surface area contributed by atoms with Gasteiger partial charge in [-0.1, -0.05) is 18.2 Å². The molecule has 0 atom stereocenters. The minimum atomic E-state index is -4.19. The van der Waals surface area contributed by atoms with Crippen molar-refractivity contribution in [1.82, 2.24) is 19.7 Å². The Labute approximate surface area is 219 Å². The van der Waals surface area contributed by atoms with E-state index < -0.39 is 31.8 Å². The molecule has 13 nitrogen and oxygen atoms in total. The van der Waals surface area contributed by atoms with Crippen LogP contribution in [0.1, 0.15) is 11.3 Å². The van der Waals surface area contributed by atoms with Gasteiger partial charge in [0.2, 0.25) is 22.3 Å². The van der Waals surface area contributed by atoms with Crippen LogP contribution in [0.2, 0.25) is 0 Å². The minimum absolute atomic E-state index is 0.0939. The molecule has 1 aliphatic heterocycles. The predicted molar refractivity (Wildman–Crippen MR) is 137 cm³/mol. The average Bonchev–Trinajstić information content (AvgIpc) is 3.21.